The summed E-state index contributed by atoms with van der Waals surface area (Å²) in [5.41, 5.74) is 1.47. The van der Waals surface area contributed by atoms with Crippen LogP contribution in [0.3, 0.4) is 0 Å². The Morgan fingerprint density at radius 1 is 1.40 bits per heavy atom. The van der Waals surface area contributed by atoms with E-state index in [0.717, 1.165) is 10.7 Å². The average molecular weight is 329 g/mol. The van der Waals surface area contributed by atoms with Gasteiger partial charge in [0, 0.05) is 22.5 Å². The highest BCUT2D eigenvalue weighted by Gasteiger charge is 2.14. The maximum atomic E-state index is 12.2. The number of hydrogen-bond donors (Lipinski definition) is 0. The van der Waals surface area contributed by atoms with Crippen LogP contribution in [0.5, 0.6) is 0 Å². The van der Waals surface area contributed by atoms with Crippen molar-refractivity contribution >= 4 is 40.3 Å². The Labute approximate surface area is 132 Å². The van der Waals surface area contributed by atoms with Crippen molar-refractivity contribution in [2.45, 2.75) is 13.5 Å². The zero-order valence-electron chi connectivity index (χ0n) is 11.2. The number of nitrogens with zero attached hydrogens (tertiary/aromatic N) is 2. The van der Waals surface area contributed by atoms with E-state index in [1.54, 1.807) is 29.5 Å². The van der Waals surface area contributed by atoms with Crippen LogP contribution in [0, 0.1) is 6.92 Å². The lowest BCUT2D eigenvalue weighted by molar-refractivity contribution is 0.0942. The number of aryl methyl sites for hydroxylation is 1. The van der Waals surface area contributed by atoms with Crippen molar-refractivity contribution in [3.8, 4) is 0 Å². The van der Waals surface area contributed by atoms with Gasteiger partial charge < -0.3 is 0 Å². The molecule has 1 aromatic heterocycles. The number of likely N-dealkylation sites (N-methyl/N-ethyl adjacent to an activating group) is 1. The van der Waals surface area contributed by atoms with E-state index in [2.05, 4.69) is 4.98 Å². The molecule has 0 spiro atoms. The highest BCUT2D eigenvalue weighted by molar-refractivity contribution is 7.09. The lowest BCUT2D eigenvalue weighted by Gasteiger charge is -2.14. The highest BCUT2D eigenvalue weighted by atomic mass is 35.5. The smallest absolute Gasteiger partial charge is 0.178 e. The van der Waals surface area contributed by atoms with Crippen LogP contribution in [-0.4, -0.2) is 29.3 Å². The van der Waals surface area contributed by atoms with Crippen molar-refractivity contribution in [3.63, 3.8) is 0 Å². The number of benzene rings is 1. The molecule has 0 unspecified atom stereocenters. The van der Waals surface area contributed by atoms with Gasteiger partial charge in [-0.25, -0.2) is 4.98 Å². The Morgan fingerprint density at radius 3 is 2.75 bits per heavy atom. The second-order valence-electron chi connectivity index (χ2n) is 4.58. The molecule has 2 rings (SSSR count). The van der Waals surface area contributed by atoms with Crippen LogP contribution < -0.4 is 0 Å². The lowest BCUT2D eigenvalue weighted by Crippen LogP contribution is -2.26. The van der Waals surface area contributed by atoms with Gasteiger partial charge >= 0.3 is 0 Å². The molecule has 0 aliphatic rings. The Kier molecular flexibility index (Phi) is 5.16. The first-order valence-corrected chi connectivity index (χ1v) is 7.67. The molecule has 6 heteroatoms. The SMILES string of the molecule is Cc1nc(CN(C)CC(=O)c2ccc(Cl)cc2Cl)cs1. The van der Waals surface area contributed by atoms with Crippen LogP contribution in [0.25, 0.3) is 0 Å². The molecule has 0 radical (unpaired) electrons. The van der Waals surface area contributed by atoms with Crippen molar-refractivity contribution in [2.75, 3.05) is 13.6 Å². The fourth-order valence-electron chi connectivity index (χ4n) is 1.86. The van der Waals surface area contributed by atoms with Gasteiger partial charge in [-0.05, 0) is 32.2 Å². The lowest BCUT2D eigenvalue weighted by atomic mass is 10.1. The standard InChI is InChI=1S/C14H14Cl2N2OS/c1-9-17-11(8-20-9)6-18(2)7-14(19)12-4-3-10(15)5-13(12)16/h3-5,8H,6-7H2,1-2H3. The number of carbonyl (C=O) groups is 1. The molecule has 0 bridgehead atoms. The van der Waals surface area contributed by atoms with Gasteiger partial charge in [0.05, 0.1) is 22.3 Å². The second-order valence-corrected chi connectivity index (χ2v) is 6.48. The van der Waals surface area contributed by atoms with Gasteiger partial charge in [-0.15, -0.1) is 11.3 Å². The predicted molar refractivity (Wildman–Crippen MR) is 84.0 cm³/mol. The number of halogens is 2. The molecule has 2 aromatic rings. The summed E-state index contributed by atoms with van der Waals surface area (Å²) in [6.07, 6.45) is 0. The molecular formula is C14H14Cl2N2OS. The van der Waals surface area contributed by atoms with Crippen molar-refractivity contribution in [1.29, 1.82) is 0 Å². The molecule has 1 aromatic carbocycles. The first kappa shape index (κ1) is 15.4. The molecule has 3 nitrogen and oxygen atoms in total. The van der Waals surface area contributed by atoms with E-state index in [0.29, 0.717) is 22.2 Å². The van der Waals surface area contributed by atoms with Crippen LogP contribution in [0.1, 0.15) is 21.1 Å². The molecular weight excluding hydrogens is 315 g/mol. The monoisotopic (exact) mass is 328 g/mol. The maximum Gasteiger partial charge on any atom is 0.178 e. The molecule has 0 amide bonds. The van der Waals surface area contributed by atoms with Crippen molar-refractivity contribution < 1.29 is 4.79 Å². The van der Waals surface area contributed by atoms with Gasteiger partial charge in [-0.2, -0.15) is 0 Å². The molecule has 0 N–H and O–H groups in total. The number of carbonyl (C=O) groups excluding carboxylic acids is 1. The number of aromatic nitrogens is 1. The number of thiazole rings is 1. The van der Waals surface area contributed by atoms with Gasteiger partial charge in [0.1, 0.15) is 0 Å². The molecule has 0 aliphatic heterocycles. The van der Waals surface area contributed by atoms with E-state index >= 15 is 0 Å². The summed E-state index contributed by atoms with van der Waals surface area (Å²) in [7, 11) is 1.89. The van der Waals surface area contributed by atoms with Crippen molar-refractivity contribution in [3.05, 3.63) is 49.9 Å². The number of rotatable bonds is 5. The average Bonchev–Trinajstić information content (AvgIpc) is 2.74. The third kappa shape index (κ3) is 4.03. The second kappa shape index (κ2) is 6.68. The Balaban J connectivity index is 2.00. The summed E-state index contributed by atoms with van der Waals surface area (Å²) in [4.78, 5) is 18.5. The molecule has 0 saturated heterocycles. The molecule has 0 atom stereocenters. The van der Waals surface area contributed by atoms with Crippen LogP contribution in [0.2, 0.25) is 10.0 Å². The molecule has 1 heterocycles. The topological polar surface area (TPSA) is 33.2 Å². The summed E-state index contributed by atoms with van der Waals surface area (Å²) >= 11 is 13.5. The van der Waals surface area contributed by atoms with E-state index in [4.69, 9.17) is 23.2 Å². The van der Waals surface area contributed by atoms with Gasteiger partial charge in [0.15, 0.2) is 5.78 Å². The van der Waals surface area contributed by atoms with Crippen LogP contribution in [0.15, 0.2) is 23.6 Å². The Hall–Kier alpha value is -0.940. The van der Waals surface area contributed by atoms with Crippen molar-refractivity contribution in [2.24, 2.45) is 0 Å². The fraction of sp³-hybridized carbons (Fsp3) is 0.286. The summed E-state index contributed by atoms with van der Waals surface area (Å²) in [5, 5.41) is 3.95. The van der Waals surface area contributed by atoms with E-state index in [9.17, 15) is 4.79 Å². The number of Topliss-reactive ketones (excluding diaryl/α,β-unsaturated/α-hetero) is 1. The molecule has 106 valence electrons. The van der Waals surface area contributed by atoms with E-state index in [-0.39, 0.29) is 12.3 Å². The first-order chi connectivity index (χ1) is 9.45. The van der Waals surface area contributed by atoms with Crippen molar-refractivity contribution in [1.82, 2.24) is 9.88 Å². The van der Waals surface area contributed by atoms with E-state index in [1.165, 1.54) is 0 Å². The molecule has 0 aliphatic carbocycles. The van der Waals surface area contributed by atoms with Crippen LogP contribution in [0.4, 0.5) is 0 Å². The van der Waals surface area contributed by atoms with Gasteiger partial charge in [-0.1, -0.05) is 23.2 Å². The molecule has 0 saturated carbocycles. The van der Waals surface area contributed by atoms with Gasteiger partial charge in [-0.3, -0.25) is 9.69 Å². The van der Waals surface area contributed by atoms with E-state index in [1.807, 2.05) is 24.3 Å². The Bertz CT molecular complexity index is 627. The minimum atomic E-state index is -0.0267. The zero-order chi connectivity index (χ0) is 14.7. The fourth-order valence-corrected chi connectivity index (χ4v) is 2.98. The summed E-state index contributed by atoms with van der Waals surface area (Å²) in [6, 6.07) is 4.92. The summed E-state index contributed by atoms with van der Waals surface area (Å²) in [5.74, 6) is -0.0267. The quantitative estimate of drug-likeness (QED) is 0.775. The first-order valence-electron chi connectivity index (χ1n) is 6.03. The number of hydrogen-bond acceptors (Lipinski definition) is 4. The van der Waals surface area contributed by atoms with E-state index < -0.39 is 0 Å². The summed E-state index contributed by atoms with van der Waals surface area (Å²) < 4.78 is 0. The third-order valence-electron chi connectivity index (χ3n) is 2.74. The Morgan fingerprint density at radius 2 is 2.15 bits per heavy atom. The molecule has 20 heavy (non-hydrogen) atoms. The largest absolute Gasteiger partial charge is 0.293 e. The van der Waals surface area contributed by atoms with Crippen LogP contribution in [-0.2, 0) is 6.54 Å². The molecule has 0 fully saturated rings. The minimum absolute atomic E-state index is 0.0267. The number of ketones is 1. The van der Waals surface area contributed by atoms with Crippen LogP contribution >= 0.6 is 34.5 Å². The highest BCUT2D eigenvalue weighted by Crippen LogP contribution is 2.21. The zero-order valence-corrected chi connectivity index (χ0v) is 13.5. The minimum Gasteiger partial charge on any atom is -0.293 e. The third-order valence-corrected chi connectivity index (χ3v) is 4.11. The summed E-state index contributed by atoms with van der Waals surface area (Å²) in [6.45, 7) is 2.89. The maximum absolute atomic E-state index is 12.2. The predicted octanol–water partition coefficient (Wildman–Crippen LogP) is 4.07. The van der Waals surface area contributed by atoms with Gasteiger partial charge in [0.25, 0.3) is 0 Å². The van der Waals surface area contributed by atoms with Gasteiger partial charge in [0.2, 0.25) is 0 Å². The normalized spacial score (nSPS) is 11.1.